The van der Waals surface area contributed by atoms with E-state index in [0.29, 0.717) is 18.2 Å². The van der Waals surface area contributed by atoms with Gasteiger partial charge in [-0.25, -0.2) is 0 Å². The average Bonchev–Trinajstić information content (AvgIpc) is 2.56. The van der Waals surface area contributed by atoms with E-state index in [1.807, 2.05) is 36.2 Å². The van der Waals surface area contributed by atoms with Crippen LogP contribution in [0.25, 0.3) is 0 Å². The van der Waals surface area contributed by atoms with Crippen LogP contribution >= 0.6 is 11.6 Å². The zero-order valence-corrected chi connectivity index (χ0v) is 14.1. The fourth-order valence-electron chi connectivity index (χ4n) is 2.54. The van der Waals surface area contributed by atoms with E-state index in [2.05, 4.69) is 5.32 Å². The normalized spacial score (nSPS) is 16.0. The highest BCUT2D eigenvalue weighted by atomic mass is 35.5. The SMILES string of the molecule is CN(CC(=O)Nc1ccc(Cl)cc1)CC1COc2ccccc2O1. The Hall–Kier alpha value is -2.24. The fourth-order valence-corrected chi connectivity index (χ4v) is 2.67. The average molecular weight is 347 g/mol. The van der Waals surface area contributed by atoms with Gasteiger partial charge in [0.2, 0.25) is 5.91 Å². The van der Waals surface area contributed by atoms with Crippen molar-refractivity contribution < 1.29 is 14.3 Å². The molecule has 1 aliphatic heterocycles. The smallest absolute Gasteiger partial charge is 0.238 e. The quantitative estimate of drug-likeness (QED) is 0.904. The lowest BCUT2D eigenvalue weighted by Crippen LogP contribution is -2.42. The number of nitrogens with one attached hydrogen (secondary N) is 1. The molecule has 2 aromatic carbocycles. The van der Waals surface area contributed by atoms with E-state index in [0.717, 1.165) is 17.2 Å². The van der Waals surface area contributed by atoms with Crippen LogP contribution in [0, 0.1) is 0 Å². The molecule has 1 N–H and O–H groups in total. The first-order valence-corrected chi connectivity index (χ1v) is 8.10. The van der Waals surface area contributed by atoms with E-state index in [9.17, 15) is 4.79 Å². The largest absolute Gasteiger partial charge is 0.486 e. The van der Waals surface area contributed by atoms with Gasteiger partial charge in [0.25, 0.3) is 0 Å². The van der Waals surface area contributed by atoms with Gasteiger partial charge in [0.1, 0.15) is 12.7 Å². The lowest BCUT2D eigenvalue weighted by atomic mass is 10.2. The number of anilines is 1. The third-order valence-corrected chi connectivity index (χ3v) is 3.88. The number of rotatable bonds is 5. The van der Waals surface area contributed by atoms with Crippen molar-refractivity contribution in [2.24, 2.45) is 0 Å². The molecular formula is C18H19ClN2O3. The Labute approximate surface area is 146 Å². The van der Waals surface area contributed by atoms with Crippen LogP contribution in [0.2, 0.25) is 5.02 Å². The number of carbonyl (C=O) groups excluding carboxylic acids is 1. The molecule has 1 atom stereocenters. The molecule has 5 nitrogen and oxygen atoms in total. The molecule has 0 spiro atoms. The lowest BCUT2D eigenvalue weighted by molar-refractivity contribution is -0.117. The first-order chi connectivity index (χ1) is 11.6. The molecule has 0 saturated heterocycles. The molecule has 3 rings (SSSR count). The molecule has 6 heteroatoms. The van der Waals surface area contributed by atoms with Crippen molar-refractivity contribution in [3.8, 4) is 11.5 Å². The van der Waals surface area contributed by atoms with Gasteiger partial charge in [-0.2, -0.15) is 0 Å². The Balaban J connectivity index is 1.48. The number of para-hydroxylation sites is 2. The Bertz CT molecular complexity index is 706. The second-order valence-corrected chi connectivity index (χ2v) is 6.19. The van der Waals surface area contributed by atoms with E-state index < -0.39 is 0 Å². The van der Waals surface area contributed by atoms with Crippen LogP contribution in [0.4, 0.5) is 5.69 Å². The molecule has 0 aromatic heterocycles. The standard InChI is InChI=1S/C18H19ClN2O3/c1-21(11-18(22)20-14-8-6-13(19)7-9-14)10-15-12-23-16-4-2-3-5-17(16)24-15/h2-9,15H,10-12H2,1H3,(H,20,22). The molecule has 0 fully saturated rings. The summed E-state index contributed by atoms with van der Waals surface area (Å²) in [6.45, 7) is 1.34. The van der Waals surface area contributed by atoms with Crippen LogP contribution in [0.3, 0.4) is 0 Å². The van der Waals surface area contributed by atoms with Gasteiger partial charge in [0.15, 0.2) is 11.5 Å². The maximum atomic E-state index is 12.1. The van der Waals surface area contributed by atoms with Crippen LogP contribution in [0.5, 0.6) is 11.5 Å². The topological polar surface area (TPSA) is 50.8 Å². The van der Waals surface area contributed by atoms with E-state index in [-0.39, 0.29) is 18.6 Å². The number of nitrogens with zero attached hydrogens (tertiary/aromatic N) is 1. The Morgan fingerprint density at radius 3 is 2.67 bits per heavy atom. The summed E-state index contributed by atoms with van der Waals surface area (Å²) in [6, 6.07) is 14.6. The number of ether oxygens (including phenoxy) is 2. The van der Waals surface area contributed by atoms with Gasteiger partial charge in [-0.15, -0.1) is 0 Å². The van der Waals surface area contributed by atoms with Gasteiger partial charge in [-0.3, -0.25) is 9.69 Å². The zero-order chi connectivity index (χ0) is 16.9. The summed E-state index contributed by atoms with van der Waals surface area (Å²) in [5.41, 5.74) is 0.726. The highest BCUT2D eigenvalue weighted by molar-refractivity contribution is 6.30. The summed E-state index contributed by atoms with van der Waals surface area (Å²) < 4.78 is 11.6. The molecule has 1 heterocycles. The number of hydrogen-bond donors (Lipinski definition) is 1. The minimum absolute atomic E-state index is 0.0862. The molecule has 0 aliphatic carbocycles. The number of fused-ring (bicyclic) bond motifs is 1. The molecule has 1 amide bonds. The molecule has 0 radical (unpaired) electrons. The van der Waals surface area contributed by atoms with Crippen molar-refractivity contribution in [3.05, 3.63) is 53.6 Å². The monoisotopic (exact) mass is 346 g/mol. The second kappa shape index (κ2) is 7.55. The number of likely N-dealkylation sites (N-methyl/N-ethyl adjacent to an activating group) is 1. The number of halogens is 1. The fraction of sp³-hybridized carbons (Fsp3) is 0.278. The summed E-state index contributed by atoms with van der Waals surface area (Å²) in [6.07, 6.45) is -0.103. The number of amides is 1. The molecule has 24 heavy (non-hydrogen) atoms. The van der Waals surface area contributed by atoms with Crippen LogP contribution in [0.15, 0.2) is 48.5 Å². The van der Waals surface area contributed by atoms with Gasteiger partial charge in [-0.1, -0.05) is 23.7 Å². The van der Waals surface area contributed by atoms with Crippen LogP contribution in [0.1, 0.15) is 0 Å². The van der Waals surface area contributed by atoms with E-state index in [1.165, 1.54) is 0 Å². The number of hydrogen-bond acceptors (Lipinski definition) is 4. The van der Waals surface area contributed by atoms with E-state index >= 15 is 0 Å². The molecule has 126 valence electrons. The molecule has 1 unspecified atom stereocenters. The summed E-state index contributed by atoms with van der Waals surface area (Å²) >= 11 is 5.83. The second-order valence-electron chi connectivity index (χ2n) is 5.75. The predicted molar refractivity (Wildman–Crippen MR) is 93.9 cm³/mol. The maximum Gasteiger partial charge on any atom is 0.238 e. The third-order valence-electron chi connectivity index (χ3n) is 3.62. The summed E-state index contributed by atoms with van der Waals surface area (Å²) in [7, 11) is 1.88. The van der Waals surface area contributed by atoms with Gasteiger partial charge in [0.05, 0.1) is 6.54 Å². The highest BCUT2D eigenvalue weighted by Crippen LogP contribution is 2.30. The van der Waals surface area contributed by atoms with Gasteiger partial charge >= 0.3 is 0 Å². The lowest BCUT2D eigenvalue weighted by Gasteiger charge is -2.29. The summed E-state index contributed by atoms with van der Waals surface area (Å²) in [4.78, 5) is 14.0. The molecule has 2 aromatic rings. The Kier molecular flexibility index (Phi) is 5.23. The Morgan fingerprint density at radius 2 is 1.92 bits per heavy atom. The molecule has 0 saturated carbocycles. The third kappa shape index (κ3) is 4.40. The van der Waals surface area contributed by atoms with E-state index in [4.69, 9.17) is 21.1 Å². The molecule has 1 aliphatic rings. The van der Waals surface area contributed by atoms with Crippen molar-refractivity contribution in [2.75, 3.05) is 32.1 Å². The van der Waals surface area contributed by atoms with Crippen molar-refractivity contribution >= 4 is 23.2 Å². The minimum Gasteiger partial charge on any atom is -0.486 e. The Morgan fingerprint density at radius 1 is 1.21 bits per heavy atom. The van der Waals surface area contributed by atoms with Crippen LogP contribution in [-0.2, 0) is 4.79 Å². The molecular weight excluding hydrogens is 328 g/mol. The predicted octanol–water partition coefficient (Wildman–Crippen LogP) is 3.05. The first kappa shape index (κ1) is 16.6. The number of carbonyl (C=O) groups is 1. The van der Waals surface area contributed by atoms with E-state index in [1.54, 1.807) is 24.3 Å². The highest BCUT2D eigenvalue weighted by Gasteiger charge is 2.22. The van der Waals surface area contributed by atoms with Crippen LogP contribution < -0.4 is 14.8 Å². The first-order valence-electron chi connectivity index (χ1n) is 7.72. The minimum atomic E-state index is -0.103. The van der Waals surface area contributed by atoms with Gasteiger partial charge < -0.3 is 14.8 Å². The van der Waals surface area contributed by atoms with Crippen molar-refractivity contribution in [3.63, 3.8) is 0 Å². The van der Waals surface area contributed by atoms with Crippen molar-refractivity contribution in [1.29, 1.82) is 0 Å². The number of benzene rings is 2. The van der Waals surface area contributed by atoms with Gasteiger partial charge in [-0.05, 0) is 43.4 Å². The van der Waals surface area contributed by atoms with Crippen molar-refractivity contribution in [1.82, 2.24) is 4.90 Å². The maximum absolute atomic E-state index is 12.1. The van der Waals surface area contributed by atoms with Crippen molar-refractivity contribution in [2.45, 2.75) is 6.10 Å². The van der Waals surface area contributed by atoms with Gasteiger partial charge in [0, 0.05) is 17.3 Å². The van der Waals surface area contributed by atoms with Crippen LogP contribution in [-0.4, -0.2) is 43.7 Å². The molecule has 0 bridgehead atoms. The summed E-state index contributed by atoms with van der Waals surface area (Å²) in [5.74, 6) is 1.42. The summed E-state index contributed by atoms with van der Waals surface area (Å²) in [5, 5.41) is 3.48. The zero-order valence-electron chi connectivity index (χ0n) is 13.4.